The van der Waals surface area contributed by atoms with Gasteiger partial charge in [0, 0.05) is 27.4 Å². The molecule has 9 rings (SSSR count). The van der Waals surface area contributed by atoms with Crippen molar-refractivity contribution >= 4 is 49.3 Å². The minimum atomic E-state index is 0.613. The fourth-order valence-electron chi connectivity index (χ4n) is 7.41. The first-order chi connectivity index (χ1) is 23.8. The van der Waals surface area contributed by atoms with E-state index in [1.54, 1.807) is 0 Å². The molecular weight excluding hydrogens is 585 g/mol. The van der Waals surface area contributed by atoms with Gasteiger partial charge in [0.15, 0.2) is 0 Å². The number of fused-ring (bicyclic) bond motifs is 6. The Morgan fingerprint density at radius 2 is 1.08 bits per heavy atom. The number of aromatic nitrogens is 2. The van der Waals surface area contributed by atoms with Gasteiger partial charge in [0.05, 0.1) is 46.0 Å². The zero-order valence-corrected chi connectivity index (χ0v) is 25.8. The molecule has 48 heavy (non-hydrogen) atoms. The van der Waals surface area contributed by atoms with E-state index in [-0.39, 0.29) is 0 Å². The Kier molecular flexibility index (Phi) is 6.22. The minimum absolute atomic E-state index is 0.613. The van der Waals surface area contributed by atoms with E-state index in [1.165, 1.54) is 10.8 Å². The molecule has 0 aliphatic rings. The summed E-state index contributed by atoms with van der Waals surface area (Å²) in [5.74, 6) is 0. The van der Waals surface area contributed by atoms with Crippen molar-refractivity contribution in [1.82, 2.24) is 9.13 Å². The summed E-state index contributed by atoms with van der Waals surface area (Å²) in [7, 11) is 0. The number of rotatable bonds is 4. The monoisotopic (exact) mass is 610 g/mol. The van der Waals surface area contributed by atoms with Gasteiger partial charge in [-0.3, -0.25) is 0 Å². The van der Waals surface area contributed by atoms with E-state index in [0.29, 0.717) is 11.3 Å². The summed E-state index contributed by atoms with van der Waals surface area (Å²) in [4.78, 5) is 3.91. The average molecular weight is 611 g/mol. The first-order valence-electron chi connectivity index (χ1n) is 15.9. The van der Waals surface area contributed by atoms with Crippen LogP contribution in [0.3, 0.4) is 0 Å². The molecule has 9 aromatic rings. The molecule has 0 N–H and O–H groups in total. The van der Waals surface area contributed by atoms with Crippen LogP contribution in [0.4, 0.5) is 5.69 Å². The first kappa shape index (κ1) is 27.4. The normalized spacial score (nSPS) is 11.3. The van der Waals surface area contributed by atoms with Gasteiger partial charge in [-0.2, -0.15) is 5.26 Å². The number of hydrogen-bond acceptors (Lipinski definition) is 1. The van der Waals surface area contributed by atoms with Gasteiger partial charge in [0.25, 0.3) is 0 Å². The van der Waals surface area contributed by atoms with Gasteiger partial charge < -0.3 is 9.13 Å². The maximum absolute atomic E-state index is 10.5. The lowest BCUT2D eigenvalue weighted by molar-refractivity contribution is 1.18. The fraction of sp³-hybridized carbons (Fsp3) is 0. The third-order valence-corrected chi connectivity index (χ3v) is 9.39. The number of benzene rings is 7. The lowest BCUT2D eigenvalue weighted by Crippen LogP contribution is -2.00. The highest BCUT2D eigenvalue weighted by Crippen LogP contribution is 2.42. The highest BCUT2D eigenvalue weighted by atomic mass is 15.0. The van der Waals surface area contributed by atoms with E-state index in [2.05, 4.69) is 135 Å². The third kappa shape index (κ3) is 4.01. The molecule has 0 saturated heterocycles. The molecule has 2 heterocycles. The third-order valence-electron chi connectivity index (χ3n) is 9.39. The Balaban J connectivity index is 1.31. The Morgan fingerprint density at radius 3 is 1.77 bits per heavy atom. The lowest BCUT2D eigenvalue weighted by atomic mass is 9.90. The van der Waals surface area contributed by atoms with Gasteiger partial charge in [0.1, 0.15) is 0 Å². The Bertz CT molecular complexity index is 2760. The Labute approximate surface area is 277 Å². The minimum Gasteiger partial charge on any atom is -0.319 e. The van der Waals surface area contributed by atoms with E-state index < -0.39 is 0 Å². The number of hydrogen-bond donors (Lipinski definition) is 0. The van der Waals surface area contributed by atoms with Crippen LogP contribution in [-0.4, -0.2) is 9.13 Å². The van der Waals surface area contributed by atoms with Gasteiger partial charge in [-0.05, 0) is 64.5 Å². The zero-order valence-electron chi connectivity index (χ0n) is 25.8. The number of nitriles is 1. The summed E-state index contributed by atoms with van der Waals surface area (Å²) >= 11 is 0. The van der Waals surface area contributed by atoms with Crippen LogP contribution in [0.15, 0.2) is 158 Å². The first-order valence-corrected chi connectivity index (χ1v) is 15.9. The van der Waals surface area contributed by atoms with Crippen molar-refractivity contribution in [3.05, 3.63) is 175 Å². The van der Waals surface area contributed by atoms with Crippen molar-refractivity contribution < 1.29 is 0 Å². The van der Waals surface area contributed by atoms with E-state index >= 15 is 0 Å². The number of nitrogens with zero attached hydrogens (tertiary/aromatic N) is 4. The van der Waals surface area contributed by atoms with Crippen LogP contribution in [0, 0.1) is 17.9 Å². The molecule has 222 valence electrons. The van der Waals surface area contributed by atoms with Crippen LogP contribution >= 0.6 is 0 Å². The smallest absolute Gasteiger partial charge is 0.211 e. The second-order valence-electron chi connectivity index (χ2n) is 11.9. The van der Waals surface area contributed by atoms with Gasteiger partial charge in [-0.15, -0.1) is 0 Å². The van der Waals surface area contributed by atoms with Gasteiger partial charge in [0.2, 0.25) is 5.69 Å². The Morgan fingerprint density at radius 1 is 0.521 bits per heavy atom. The van der Waals surface area contributed by atoms with Crippen LogP contribution in [0.5, 0.6) is 0 Å². The summed E-state index contributed by atoms with van der Waals surface area (Å²) in [5.41, 5.74) is 11.2. The van der Waals surface area contributed by atoms with Crippen LogP contribution < -0.4 is 0 Å². The van der Waals surface area contributed by atoms with Crippen molar-refractivity contribution in [2.45, 2.75) is 0 Å². The van der Waals surface area contributed by atoms with E-state index in [4.69, 9.17) is 6.57 Å². The molecule has 0 spiro atoms. The largest absolute Gasteiger partial charge is 0.319 e. The SMILES string of the molecule is [C-]#[N+]c1cccc2c3ccccc3n(-c3cccc(-c4ccccc4-c4c(C#N)cccc4-n4c5ccccc5c5ccccc54)c3)c12. The van der Waals surface area contributed by atoms with Crippen LogP contribution in [0.2, 0.25) is 0 Å². The molecule has 0 aliphatic heterocycles. The molecule has 0 atom stereocenters. The van der Waals surface area contributed by atoms with E-state index in [0.717, 1.165) is 66.5 Å². The van der Waals surface area contributed by atoms with Crippen LogP contribution in [0.25, 0.3) is 82.1 Å². The highest BCUT2D eigenvalue weighted by Gasteiger charge is 2.21. The molecule has 4 heteroatoms. The van der Waals surface area contributed by atoms with Crippen molar-refractivity contribution in [2.24, 2.45) is 0 Å². The molecule has 0 bridgehead atoms. The predicted octanol–water partition coefficient (Wildman–Crippen LogP) is 11.6. The summed E-state index contributed by atoms with van der Waals surface area (Å²) in [5, 5.41) is 15.0. The second kappa shape index (κ2) is 10.9. The molecular formula is C44H26N4. The van der Waals surface area contributed by atoms with Gasteiger partial charge in [-0.1, -0.05) is 115 Å². The lowest BCUT2D eigenvalue weighted by Gasteiger charge is -2.19. The number of para-hydroxylation sites is 4. The quantitative estimate of drug-likeness (QED) is 0.183. The molecule has 0 radical (unpaired) electrons. The van der Waals surface area contributed by atoms with E-state index in [1.807, 2.05) is 42.5 Å². The van der Waals surface area contributed by atoms with Crippen molar-refractivity contribution in [3.8, 4) is 39.7 Å². The average Bonchev–Trinajstić information content (AvgIpc) is 3.68. The Hall–Kier alpha value is -6.88. The molecule has 0 amide bonds. The van der Waals surface area contributed by atoms with Crippen molar-refractivity contribution in [3.63, 3.8) is 0 Å². The molecule has 0 unspecified atom stereocenters. The topological polar surface area (TPSA) is 38.0 Å². The summed E-state index contributed by atoms with van der Waals surface area (Å²) in [6.07, 6.45) is 0. The fourth-order valence-corrected chi connectivity index (χ4v) is 7.41. The zero-order chi connectivity index (χ0) is 32.2. The van der Waals surface area contributed by atoms with Crippen molar-refractivity contribution in [1.29, 1.82) is 5.26 Å². The molecule has 4 nitrogen and oxygen atoms in total. The summed E-state index contributed by atoms with van der Waals surface area (Å²) in [6.45, 7) is 7.96. The van der Waals surface area contributed by atoms with E-state index in [9.17, 15) is 5.26 Å². The maximum Gasteiger partial charge on any atom is 0.211 e. The van der Waals surface area contributed by atoms with Gasteiger partial charge in [-0.25, -0.2) is 4.85 Å². The summed E-state index contributed by atoms with van der Waals surface area (Å²) in [6, 6.07) is 56.5. The van der Waals surface area contributed by atoms with Crippen LogP contribution in [-0.2, 0) is 0 Å². The molecule has 2 aromatic heterocycles. The predicted molar refractivity (Wildman–Crippen MR) is 197 cm³/mol. The maximum atomic E-state index is 10.5. The highest BCUT2D eigenvalue weighted by molar-refractivity contribution is 6.13. The van der Waals surface area contributed by atoms with Gasteiger partial charge >= 0.3 is 0 Å². The molecule has 0 fully saturated rings. The standard InChI is InChI=1S/C44H26N4/c1-46-38-22-12-21-37-35-19-6-7-23-39(35)47(44(37)38)31-15-10-13-29(27-31)32-16-2-3-20-36(32)43-30(28-45)14-11-26-42(43)48-40-24-8-4-17-33(40)34-18-5-9-25-41(34)48/h2-27H. The second-order valence-corrected chi connectivity index (χ2v) is 11.9. The molecule has 7 aromatic carbocycles. The summed E-state index contributed by atoms with van der Waals surface area (Å²) < 4.78 is 4.49. The van der Waals surface area contributed by atoms with Crippen molar-refractivity contribution in [2.75, 3.05) is 0 Å². The molecule has 0 aliphatic carbocycles. The molecule has 0 saturated carbocycles. The van der Waals surface area contributed by atoms with Crippen LogP contribution in [0.1, 0.15) is 5.56 Å².